The molecule has 0 spiro atoms. The Kier molecular flexibility index (Phi) is 3.56. The molecule has 0 fully saturated rings. The number of anilines is 2. The smallest absolute Gasteiger partial charge is 0.279 e. The van der Waals surface area contributed by atoms with Gasteiger partial charge in [0.15, 0.2) is 5.69 Å². The van der Waals surface area contributed by atoms with E-state index < -0.39 is 5.91 Å². The fourth-order valence-corrected chi connectivity index (χ4v) is 1.51. The van der Waals surface area contributed by atoms with Gasteiger partial charge < -0.3 is 10.6 Å². The molecule has 0 saturated carbocycles. The van der Waals surface area contributed by atoms with Crippen LogP contribution in [0.3, 0.4) is 0 Å². The third-order valence-electron chi connectivity index (χ3n) is 2.31. The molecule has 0 unspecified atom stereocenters. The summed E-state index contributed by atoms with van der Waals surface area (Å²) in [7, 11) is 0. The van der Waals surface area contributed by atoms with Crippen LogP contribution in [0.15, 0.2) is 28.9 Å². The van der Waals surface area contributed by atoms with Gasteiger partial charge in [0, 0.05) is 18.3 Å². The molecule has 19 heavy (non-hydrogen) atoms. The molecule has 98 valence electrons. The van der Waals surface area contributed by atoms with Crippen molar-refractivity contribution >= 4 is 23.2 Å². The highest BCUT2D eigenvalue weighted by Crippen LogP contribution is 2.16. The first kappa shape index (κ1) is 12.7. The molecule has 2 amide bonds. The Morgan fingerprint density at radius 2 is 1.84 bits per heavy atom. The summed E-state index contributed by atoms with van der Waals surface area (Å²) in [6, 6.07) is 6.78. The average Bonchev–Trinajstić information content (AvgIpc) is 2.75. The standard InChI is InChI=1S/C12H12N4O3/c1-7-11(16-19-15-7)12(18)14-10-5-3-4-9(6-10)13-8(2)17/h3-6H,1-2H3,(H,13,17)(H,14,18). The highest BCUT2D eigenvalue weighted by atomic mass is 16.6. The maximum Gasteiger partial charge on any atom is 0.279 e. The van der Waals surface area contributed by atoms with Crippen molar-refractivity contribution in [1.29, 1.82) is 0 Å². The van der Waals surface area contributed by atoms with Crippen LogP contribution in [0.25, 0.3) is 0 Å². The Hall–Kier alpha value is -2.70. The third kappa shape index (κ3) is 3.15. The van der Waals surface area contributed by atoms with E-state index >= 15 is 0 Å². The number of aromatic nitrogens is 2. The van der Waals surface area contributed by atoms with E-state index in [1.807, 2.05) is 0 Å². The zero-order valence-corrected chi connectivity index (χ0v) is 10.4. The van der Waals surface area contributed by atoms with Crippen molar-refractivity contribution in [2.75, 3.05) is 10.6 Å². The van der Waals surface area contributed by atoms with Gasteiger partial charge in [-0.1, -0.05) is 11.2 Å². The van der Waals surface area contributed by atoms with E-state index in [1.165, 1.54) is 6.92 Å². The first-order valence-corrected chi connectivity index (χ1v) is 5.54. The second-order valence-electron chi connectivity index (χ2n) is 3.91. The molecule has 2 rings (SSSR count). The highest BCUT2D eigenvalue weighted by molar-refractivity contribution is 6.03. The van der Waals surface area contributed by atoms with E-state index in [1.54, 1.807) is 31.2 Å². The summed E-state index contributed by atoms with van der Waals surface area (Å²) in [5, 5.41) is 12.3. The normalized spacial score (nSPS) is 10.0. The van der Waals surface area contributed by atoms with Gasteiger partial charge in [0.25, 0.3) is 5.91 Å². The van der Waals surface area contributed by atoms with Crippen LogP contribution in [0.1, 0.15) is 23.1 Å². The molecule has 0 saturated heterocycles. The van der Waals surface area contributed by atoms with Crippen LogP contribution in [0.5, 0.6) is 0 Å². The van der Waals surface area contributed by atoms with Gasteiger partial charge in [-0.3, -0.25) is 9.59 Å². The number of carbonyl (C=O) groups excluding carboxylic acids is 2. The van der Waals surface area contributed by atoms with Crippen LogP contribution < -0.4 is 10.6 Å². The second-order valence-corrected chi connectivity index (χ2v) is 3.91. The summed E-state index contributed by atoms with van der Waals surface area (Å²) in [5.41, 5.74) is 1.68. The quantitative estimate of drug-likeness (QED) is 0.873. The van der Waals surface area contributed by atoms with E-state index in [4.69, 9.17) is 0 Å². The fourth-order valence-electron chi connectivity index (χ4n) is 1.51. The van der Waals surface area contributed by atoms with Crippen molar-refractivity contribution < 1.29 is 14.2 Å². The summed E-state index contributed by atoms with van der Waals surface area (Å²) in [5.74, 6) is -0.598. The number of nitrogens with zero attached hydrogens (tertiary/aromatic N) is 2. The monoisotopic (exact) mass is 260 g/mol. The molecule has 0 radical (unpaired) electrons. The Labute approximate surface area is 109 Å². The molecular formula is C12H12N4O3. The van der Waals surface area contributed by atoms with Crippen molar-refractivity contribution in [1.82, 2.24) is 10.3 Å². The summed E-state index contributed by atoms with van der Waals surface area (Å²) in [6.45, 7) is 3.04. The minimum Gasteiger partial charge on any atom is -0.326 e. The van der Waals surface area contributed by atoms with E-state index in [9.17, 15) is 9.59 Å². The van der Waals surface area contributed by atoms with Crippen LogP contribution in [-0.4, -0.2) is 22.1 Å². The molecule has 0 aliphatic carbocycles. The molecule has 2 N–H and O–H groups in total. The molecule has 7 heteroatoms. The van der Waals surface area contributed by atoms with Gasteiger partial charge >= 0.3 is 0 Å². The van der Waals surface area contributed by atoms with Gasteiger partial charge in [-0.2, -0.15) is 0 Å². The first-order chi connectivity index (χ1) is 9.06. The van der Waals surface area contributed by atoms with Gasteiger partial charge in [-0.25, -0.2) is 4.63 Å². The van der Waals surface area contributed by atoms with Gasteiger partial charge in [-0.05, 0) is 30.3 Å². The van der Waals surface area contributed by atoms with Crippen LogP contribution >= 0.6 is 0 Å². The van der Waals surface area contributed by atoms with Crippen molar-refractivity contribution in [2.24, 2.45) is 0 Å². The Morgan fingerprint density at radius 3 is 2.42 bits per heavy atom. The molecule has 0 aliphatic rings. The number of benzene rings is 1. The van der Waals surface area contributed by atoms with Crippen LogP contribution in [0.2, 0.25) is 0 Å². The van der Waals surface area contributed by atoms with E-state index in [0.29, 0.717) is 17.1 Å². The largest absolute Gasteiger partial charge is 0.326 e. The van der Waals surface area contributed by atoms with E-state index in [-0.39, 0.29) is 11.6 Å². The molecule has 2 aromatic rings. The molecule has 0 atom stereocenters. The second kappa shape index (κ2) is 5.30. The number of hydrogen-bond acceptors (Lipinski definition) is 5. The zero-order chi connectivity index (χ0) is 13.8. The third-order valence-corrected chi connectivity index (χ3v) is 2.31. The molecule has 0 bridgehead atoms. The number of hydrogen-bond donors (Lipinski definition) is 2. The lowest BCUT2D eigenvalue weighted by Crippen LogP contribution is -2.14. The Balaban J connectivity index is 2.13. The van der Waals surface area contributed by atoms with Crippen LogP contribution in [0, 0.1) is 6.92 Å². The van der Waals surface area contributed by atoms with Crippen LogP contribution in [-0.2, 0) is 4.79 Å². The first-order valence-electron chi connectivity index (χ1n) is 5.54. The SMILES string of the molecule is CC(=O)Nc1cccc(NC(=O)c2nonc2C)c1. The molecule has 1 heterocycles. The lowest BCUT2D eigenvalue weighted by Gasteiger charge is -2.06. The minimum atomic E-state index is -0.418. The maximum atomic E-state index is 11.9. The lowest BCUT2D eigenvalue weighted by atomic mass is 10.2. The van der Waals surface area contributed by atoms with Gasteiger partial charge in [-0.15, -0.1) is 0 Å². The predicted octanol–water partition coefficient (Wildman–Crippen LogP) is 1.59. The Morgan fingerprint density at radius 1 is 1.16 bits per heavy atom. The van der Waals surface area contributed by atoms with Crippen molar-refractivity contribution in [2.45, 2.75) is 13.8 Å². The number of amides is 2. The van der Waals surface area contributed by atoms with Gasteiger partial charge in [0.2, 0.25) is 5.91 Å². The highest BCUT2D eigenvalue weighted by Gasteiger charge is 2.15. The summed E-state index contributed by atoms with van der Waals surface area (Å²) < 4.78 is 4.46. The molecule has 1 aromatic carbocycles. The van der Waals surface area contributed by atoms with Crippen LogP contribution in [0.4, 0.5) is 11.4 Å². The molecular weight excluding hydrogens is 248 g/mol. The average molecular weight is 260 g/mol. The van der Waals surface area contributed by atoms with Crippen molar-refractivity contribution in [3.63, 3.8) is 0 Å². The van der Waals surface area contributed by atoms with Crippen molar-refractivity contribution in [3.05, 3.63) is 35.7 Å². The predicted molar refractivity (Wildman–Crippen MR) is 67.7 cm³/mol. The van der Waals surface area contributed by atoms with Gasteiger partial charge in [0.1, 0.15) is 5.69 Å². The van der Waals surface area contributed by atoms with E-state index in [0.717, 1.165) is 0 Å². The summed E-state index contributed by atoms with van der Waals surface area (Å²) in [4.78, 5) is 22.8. The number of nitrogens with one attached hydrogen (secondary N) is 2. The number of carbonyl (C=O) groups is 2. The van der Waals surface area contributed by atoms with E-state index in [2.05, 4.69) is 25.6 Å². The Bertz CT molecular complexity index is 621. The fraction of sp³-hybridized carbons (Fsp3) is 0.167. The molecule has 0 aliphatic heterocycles. The summed E-state index contributed by atoms with van der Waals surface area (Å²) in [6.07, 6.45) is 0. The summed E-state index contributed by atoms with van der Waals surface area (Å²) >= 11 is 0. The molecule has 7 nitrogen and oxygen atoms in total. The van der Waals surface area contributed by atoms with Crippen molar-refractivity contribution in [3.8, 4) is 0 Å². The minimum absolute atomic E-state index is 0.130. The lowest BCUT2D eigenvalue weighted by molar-refractivity contribution is -0.114. The van der Waals surface area contributed by atoms with Gasteiger partial charge in [0.05, 0.1) is 0 Å². The topological polar surface area (TPSA) is 97.1 Å². The zero-order valence-electron chi connectivity index (χ0n) is 10.4. The number of rotatable bonds is 3. The molecule has 1 aromatic heterocycles. The number of aryl methyl sites for hydroxylation is 1. The maximum absolute atomic E-state index is 11.9.